The molecule has 2 aromatic rings. The SMILES string of the molecule is Cc1cc(C(Cl)c2ccc(C3CCCCC3)cc2)c(C)o1. The molecule has 0 amide bonds. The molecule has 1 atom stereocenters. The zero-order chi connectivity index (χ0) is 14.8. The summed E-state index contributed by atoms with van der Waals surface area (Å²) in [7, 11) is 0. The van der Waals surface area contributed by atoms with Crippen LogP contribution in [-0.2, 0) is 0 Å². The molecule has 1 fully saturated rings. The van der Waals surface area contributed by atoms with Crippen LogP contribution in [0.2, 0.25) is 0 Å². The third-order valence-electron chi connectivity index (χ3n) is 4.66. The molecule has 2 heteroatoms. The van der Waals surface area contributed by atoms with Crippen LogP contribution in [0.3, 0.4) is 0 Å². The first-order valence-electron chi connectivity index (χ1n) is 7.96. The Kier molecular flexibility index (Phi) is 4.40. The minimum atomic E-state index is -0.122. The van der Waals surface area contributed by atoms with E-state index in [1.807, 2.05) is 19.9 Å². The van der Waals surface area contributed by atoms with Crippen molar-refractivity contribution in [1.29, 1.82) is 0 Å². The van der Waals surface area contributed by atoms with Crippen LogP contribution >= 0.6 is 11.6 Å². The van der Waals surface area contributed by atoms with E-state index in [1.165, 1.54) is 37.7 Å². The number of alkyl halides is 1. The fraction of sp³-hybridized carbons (Fsp3) is 0.474. The number of hydrogen-bond acceptors (Lipinski definition) is 1. The molecular weight excluding hydrogens is 280 g/mol. The van der Waals surface area contributed by atoms with Crippen molar-refractivity contribution < 1.29 is 4.42 Å². The lowest BCUT2D eigenvalue weighted by Gasteiger charge is -2.22. The third kappa shape index (κ3) is 3.18. The van der Waals surface area contributed by atoms with Gasteiger partial charge in [0.1, 0.15) is 11.5 Å². The Balaban J connectivity index is 1.78. The highest BCUT2D eigenvalue weighted by Gasteiger charge is 2.19. The van der Waals surface area contributed by atoms with E-state index in [0.717, 1.165) is 28.6 Å². The zero-order valence-electron chi connectivity index (χ0n) is 12.9. The Labute approximate surface area is 132 Å². The summed E-state index contributed by atoms with van der Waals surface area (Å²) in [4.78, 5) is 0. The molecule has 1 nitrogen and oxygen atoms in total. The van der Waals surface area contributed by atoms with Gasteiger partial charge < -0.3 is 4.42 Å². The second kappa shape index (κ2) is 6.27. The van der Waals surface area contributed by atoms with Gasteiger partial charge >= 0.3 is 0 Å². The molecule has 0 saturated heterocycles. The molecule has 1 aliphatic rings. The van der Waals surface area contributed by atoms with Gasteiger partial charge in [-0.05, 0) is 49.8 Å². The lowest BCUT2D eigenvalue weighted by Crippen LogP contribution is -2.04. The lowest BCUT2D eigenvalue weighted by atomic mass is 9.84. The molecule has 0 bridgehead atoms. The number of halogens is 1. The largest absolute Gasteiger partial charge is 0.466 e. The highest BCUT2D eigenvalue weighted by molar-refractivity contribution is 6.22. The van der Waals surface area contributed by atoms with Crippen molar-refractivity contribution in [1.82, 2.24) is 0 Å². The van der Waals surface area contributed by atoms with Crippen LogP contribution in [0.4, 0.5) is 0 Å². The second-order valence-corrected chi connectivity index (χ2v) is 6.67. The Morgan fingerprint density at radius 1 is 1.05 bits per heavy atom. The topological polar surface area (TPSA) is 13.1 Å². The molecule has 1 aromatic carbocycles. The molecule has 0 N–H and O–H groups in total. The predicted octanol–water partition coefficient (Wildman–Crippen LogP) is 6.27. The molecule has 3 rings (SSSR count). The molecule has 1 saturated carbocycles. The molecule has 1 unspecified atom stereocenters. The van der Waals surface area contributed by atoms with E-state index < -0.39 is 0 Å². The molecular formula is C19H23ClO. The van der Waals surface area contributed by atoms with Gasteiger partial charge in [0.2, 0.25) is 0 Å². The fourth-order valence-electron chi connectivity index (χ4n) is 3.45. The van der Waals surface area contributed by atoms with Crippen molar-refractivity contribution >= 4 is 11.6 Å². The number of aryl methyl sites for hydroxylation is 2. The van der Waals surface area contributed by atoms with Gasteiger partial charge in [0.25, 0.3) is 0 Å². The van der Waals surface area contributed by atoms with E-state index in [1.54, 1.807) is 0 Å². The van der Waals surface area contributed by atoms with Gasteiger partial charge in [-0.2, -0.15) is 0 Å². The predicted molar refractivity (Wildman–Crippen MR) is 88.1 cm³/mol. The van der Waals surface area contributed by atoms with Crippen LogP contribution in [0.5, 0.6) is 0 Å². The van der Waals surface area contributed by atoms with Gasteiger partial charge in [-0.15, -0.1) is 11.6 Å². The highest BCUT2D eigenvalue weighted by Crippen LogP contribution is 2.36. The maximum Gasteiger partial charge on any atom is 0.106 e. The molecule has 21 heavy (non-hydrogen) atoms. The number of furan rings is 1. The van der Waals surface area contributed by atoms with Gasteiger partial charge in [-0.25, -0.2) is 0 Å². The van der Waals surface area contributed by atoms with Gasteiger partial charge in [0.15, 0.2) is 0 Å². The second-order valence-electron chi connectivity index (χ2n) is 6.23. The molecule has 0 radical (unpaired) electrons. The molecule has 112 valence electrons. The Morgan fingerprint density at radius 3 is 2.29 bits per heavy atom. The van der Waals surface area contributed by atoms with Crippen LogP contribution in [0.15, 0.2) is 34.7 Å². The maximum atomic E-state index is 6.63. The molecule has 1 heterocycles. The first-order chi connectivity index (χ1) is 10.1. The fourth-order valence-corrected chi connectivity index (χ4v) is 3.82. The van der Waals surface area contributed by atoms with Crippen molar-refractivity contribution in [3.8, 4) is 0 Å². The molecule has 0 spiro atoms. The van der Waals surface area contributed by atoms with Crippen molar-refractivity contribution in [2.45, 2.75) is 57.2 Å². The average Bonchev–Trinajstić information content (AvgIpc) is 2.86. The van der Waals surface area contributed by atoms with E-state index >= 15 is 0 Å². The number of rotatable bonds is 3. The summed E-state index contributed by atoms with van der Waals surface area (Å²) in [6, 6.07) is 10.9. The Morgan fingerprint density at radius 2 is 1.71 bits per heavy atom. The molecule has 1 aliphatic carbocycles. The zero-order valence-corrected chi connectivity index (χ0v) is 13.6. The quantitative estimate of drug-likeness (QED) is 0.609. The summed E-state index contributed by atoms with van der Waals surface area (Å²) < 4.78 is 5.59. The van der Waals surface area contributed by atoms with Crippen molar-refractivity contribution in [2.24, 2.45) is 0 Å². The highest BCUT2D eigenvalue weighted by atomic mass is 35.5. The van der Waals surface area contributed by atoms with E-state index in [-0.39, 0.29) is 5.38 Å². The van der Waals surface area contributed by atoms with E-state index in [9.17, 15) is 0 Å². The summed E-state index contributed by atoms with van der Waals surface area (Å²) >= 11 is 6.63. The van der Waals surface area contributed by atoms with Crippen molar-refractivity contribution in [3.05, 3.63) is 58.5 Å². The molecule has 0 aliphatic heterocycles. The first kappa shape index (κ1) is 14.7. The van der Waals surface area contributed by atoms with Gasteiger partial charge in [0.05, 0.1) is 5.38 Å². The van der Waals surface area contributed by atoms with Crippen LogP contribution in [0, 0.1) is 13.8 Å². The summed E-state index contributed by atoms with van der Waals surface area (Å²) in [5.74, 6) is 2.59. The van der Waals surface area contributed by atoms with Crippen LogP contribution < -0.4 is 0 Å². The van der Waals surface area contributed by atoms with Gasteiger partial charge in [0, 0.05) is 5.56 Å². The van der Waals surface area contributed by atoms with Gasteiger partial charge in [-0.3, -0.25) is 0 Å². The standard InChI is InChI=1S/C19H23ClO/c1-13-12-18(14(2)21-13)19(20)17-10-8-16(9-11-17)15-6-4-3-5-7-15/h8-12,15,19H,3-7H2,1-2H3. The summed E-state index contributed by atoms with van der Waals surface area (Å²) in [6.45, 7) is 3.94. The smallest absolute Gasteiger partial charge is 0.106 e. The van der Waals surface area contributed by atoms with Gasteiger partial charge in [-0.1, -0.05) is 43.5 Å². The lowest BCUT2D eigenvalue weighted by molar-refractivity contribution is 0.443. The summed E-state index contributed by atoms with van der Waals surface area (Å²) in [5.41, 5.74) is 3.71. The van der Waals surface area contributed by atoms with Crippen molar-refractivity contribution in [3.63, 3.8) is 0 Å². The van der Waals surface area contributed by atoms with E-state index in [0.29, 0.717) is 0 Å². The van der Waals surface area contributed by atoms with E-state index in [4.69, 9.17) is 16.0 Å². The first-order valence-corrected chi connectivity index (χ1v) is 8.39. The third-order valence-corrected chi connectivity index (χ3v) is 5.15. The summed E-state index contributed by atoms with van der Waals surface area (Å²) in [6.07, 6.45) is 6.82. The molecule has 1 aromatic heterocycles. The number of hydrogen-bond donors (Lipinski definition) is 0. The normalized spacial score (nSPS) is 17.9. The summed E-state index contributed by atoms with van der Waals surface area (Å²) in [5, 5.41) is -0.122. The maximum absolute atomic E-state index is 6.63. The van der Waals surface area contributed by atoms with E-state index in [2.05, 4.69) is 24.3 Å². The minimum absolute atomic E-state index is 0.122. The monoisotopic (exact) mass is 302 g/mol. The Hall–Kier alpha value is -1.21. The van der Waals surface area contributed by atoms with Crippen LogP contribution in [0.1, 0.15) is 71.6 Å². The average molecular weight is 303 g/mol. The van der Waals surface area contributed by atoms with Crippen LogP contribution in [-0.4, -0.2) is 0 Å². The number of benzene rings is 1. The Bertz CT molecular complexity index is 591. The minimum Gasteiger partial charge on any atom is -0.466 e. The van der Waals surface area contributed by atoms with Crippen LogP contribution in [0.25, 0.3) is 0 Å². The van der Waals surface area contributed by atoms with Crippen molar-refractivity contribution in [2.75, 3.05) is 0 Å².